The van der Waals surface area contributed by atoms with E-state index < -0.39 is 5.97 Å². The number of aromatic nitrogens is 1. The number of nitrogens with one attached hydrogen (secondary N) is 1. The van der Waals surface area contributed by atoms with E-state index in [0.29, 0.717) is 12.3 Å². The number of carboxylic acids is 1. The highest BCUT2D eigenvalue weighted by atomic mass is 16.5. The highest BCUT2D eigenvalue weighted by Crippen LogP contribution is 2.21. The summed E-state index contributed by atoms with van der Waals surface area (Å²) in [6.07, 6.45) is 2.36. The Balaban J connectivity index is 2.55. The van der Waals surface area contributed by atoms with Crippen molar-refractivity contribution in [2.75, 3.05) is 12.4 Å². The second-order valence-electron chi connectivity index (χ2n) is 3.54. The molecule has 0 saturated heterocycles. The normalized spacial score (nSPS) is 11.9. The summed E-state index contributed by atoms with van der Waals surface area (Å²) < 4.78 is 5.08. The number of rotatable bonds is 6. The monoisotopic (exact) mass is 224 g/mol. The lowest BCUT2D eigenvalue weighted by Crippen LogP contribution is -2.17. The van der Waals surface area contributed by atoms with E-state index in [4.69, 9.17) is 9.84 Å². The quantitative estimate of drug-likeness (QED) is 0.770. The van der Waals surface area contributed by atoms with Gasteiger partial charge < -0.3 is 15.2 Å². The Morgan fingerprint density at radius 1 is 1.69 bits per heavy atom. The molecule has 2 N–H and O–H groups in total. The van der Waals surface area contributed by atoms with Crippen molar-refractivity contribution in [2.24, 2.45) is 0 Å². The Bertz CT molecular complexity index is 355. The molecule has 16 heavy (non-hydrogen) atoms. The summed E-state index contributed by atoms with van der Waals surface area (Å²) in [5, 5.41) is 11.7. The summed E-state index contributed by atoms with van der Waals surface area (Å²) in [4.78, 5) is 14.5. The number of pyridine rings is 1. The molecule has 0 spiro atoms. The minimum atomic E-state index is -0.785. The highest BCUT2D eigenvalue weighted by molar-refractivity contribution is 5.66. The molecule has 1 aromatic heterocycles. The van der Waals surface area contributed by atoms with E-state index in [1.807, 2.05) is 13.0 Å². The molecule has 1 aromatic rings. The molecule has 0 aliphatic heterocycles. The molecule has 0 aliphatic rings. The maximum atomic E-state index is 10.4. The van der Waals surface area contributed by atoms with Crippen LogP contribution in [0.4, 0.5) is 5.69 Å². The van der Waals surface area contributed by atoms with Crippen molar-refractivity contribution in [3.8, 4) is 5.88 Å². The second-order valence-corrected chi connectivity index (χ2v) is 3.54. The van der Waals surface area contributed by atoms with Crippen molar-refractivity contribution in [3.63, 3.8) is 0 Å². The Morgan fingerprint density at radius 2 is 2.44 bits per heavy atom. The average molecular weight is 224 g/mol. The van der Waals surface area contributed by atoms with Crippen LogP contribution in [0.15, 0.2) is 18.3 Å². The highest BCUT2D eigenvalue weighted by Gasteiger charge is 2.08. The van der Waals surface area contributed by atoms with E-state index in [9.17, 15) is 4.79 Å². The topological polar surface area (TPSA) is 71.5 Å². The van der Waals surface area contributed by atoms with Gasteiger partial charge in [0.1, 0.15) is 0 Å². The largest absolute Gasteiger partial charge is 0.481 e. The number of carbonyl (C=O) groups is 1. The number of aliphatic carboxylic acids is 1. The number of nitrogens with zero attached hydrogens (tertiary/aromatic N) is 1. The minimum Gasteiger partial charge on any atom is -0.481 e. The minimum absolute atomic E-state index is 0.0641. The van der Waals surface area contributed by atoms with Crippen molar-refractivity contribution in [2.45, 2.75) is 25.8 Å². The smallest absolute Gasteiger partial charge is 0.303 e. The molecule has 1 unspecified atom stereocenters. The fourth-order valence-electron chi connectivity index (χ4n) is 1.34. The molecule has 1 rings (SSSR count). The first kappa shape index (κ1) is 12.3. The molecule has 1 heterocycles. The summed E-state index contributed by atoms with van der Waals surface area (Å²) in [5.41, 5.74) is 0.780. The summed E-state index contributed by atoms with van der Waals surface area (Å²) in [7, 11) is 1.55. The second kappa shape index (κ2) is 5.95. The fraction of sp³-hybridized carbons (Fsp3) is 0.455. The van der Waals surface area contributed by atoms with Crippen LogP contribution in [0.5, 0.6) is 5.88 Å². The molecule has 5 nitrogen and oxygen atoms in total. The molecular formula is C11H16N2O3. The van der Waals surface area contributed by atoms with Crippen molar-refractivity contribution < 1.29 is 14.6 Å². The lowest BCUT2D eigenvalue weighted by atomic mass is 10.2. The maximum Gasteiger partial charge on any atom is 0.303 e. The van der Waals surface area contributed by atoms with E-state index in [2.05, 4.69) is 10.3 Å². The summed E-state index contributed by atoms with van der Waals surface area (Å²) >= 11 is 0. The molecule has 1 atom stereocenters. The van der Waals surface area contributed by atoms with Gasteiger partial charge >= 0.3 is 5.97 Å². The van der Waals surface area contributed by atoms with Crippen LogP contribution in [-0.4, -0.2) is 29.2 Å². The third kappa shape index (κ3) is 3.76. The Hall–Kier alpha value is -1.78. The van der Waals surface area contributed by atoms with Crippen molar-refractivity contribution in [1.82, 2.24) is 4.98 Å². The average Bonchev–Trinajstić information content (AvgIpc) is 2.27. The van der Waals surface area contributed by atoms with Crippen LogP contribution in [0.25, 0.3) is 0 Å². The van der Waals surface area contributed by atoms with Crippen LogP contribution < -0.4 is 10.1 Å². The van der Waals surface area contributed by atoms with E-state index in [0.717, 1.165) is 5.69 Å². The van der Waals surface area contributed by atoms with Gasteiger partial charge in [-0.3, -0.25) is 4.79 Å². The van der Waals surface area contributed by atoms with Gasteiger partial charge in [0.2, 0.25) is 5.88 Å². The number of hydrogen-bond acceptors (Lipinski definition) is 4. The maximum absolute atomic E-state index is 10.4. The lowest BCUT2D eigenvalue weighted by molar-refractivity contribution is -0.137. The first-order valence-electron chi connectivity index (χ1n) is 5.11. The molecule has 0 saturated carbocycles. The number of methoxy groups -OCH3 is 1. The number of anilines is 1. The third-order valence-corrected chi connectivity index (χ3v) is 2.16. The standard InChI is InChI=1S/C11H16N2O3/c1-8(5-6-10(14)15)13-9-4-3-7-12-11(9)16-2/h3-4,7-8,13H,5-6H2,1-2H3,(H,14,15). The zero-order chi connectivity index (χ0) is 12.0. The van der Waals surface area contributed by atoms with Crippen LogP contribution in [0.1, 0.15) is 19.8 Å². The van der Waals surface area contributed by atoms with Gasteiger partial charge in [0.25, 0.3) is 0 Å². The van der Waals surface area contributed by atoms with Crippen molar-refractivity contribution >= 4 is 11.7 Å². The molecule has 0 amide bonds. The number of ether oxygens (including phenoxy) is 1. The van der Waals surface area contributed by atoms with Gasteiger partial charge in [0.05, 0.1) is 12.8 Å². The van der Waals surface area contributed by atoms with Crippen LogP contribution in [-0.2, 0) is 4.79 Å². The molecule has 0 fully saturated rings. The molecule has 0 aromatic carbocycles. The van der Waals surface area contributed by atoms with E-state index in [1.54, 1.807) is 19.4 Å². The first-order valence-corrected chi connectivity index (χ1v) is 5.11. The molecule has 88 valence electrons. The summed E-state index contributed by atoms with van der Waals surface area (Å²) in [6.45, 7) is 1.93. The van der Waals surface area contributed by atoms with Crippen molar-refractivity contribution in [3.05, 3.63) is 18.3 Å². The zero-order valence-electron chi connectivity index (χ0n) is 9.43. The third-order valence-electron chi connectivity index (χ3n) is 2.16. The molecule has 5 heteroatoms. The predicted octanol–water partition coefficient (Wildman–Crippen LogP) is 1.76. The summed E-state index contributed by atoms with van der Waals surface area (Å²) in [6, 6.07) is 3.71. The van der Waals surface area contributed by atoms with E-state index >= 15 is 0 Å². The Kier molecular flexibility index (Phi) is 4.57. The molecule has 0 bridgehead atoms. The Labute approximate surface area is 94.5 Å². The van der Waals surface area contributed by atoms with Gasteiger partial charge in [0.15, 0.2) is 0 Å². The van der Waals surface area contributed by atoms with Gasteiger partial charge in [-0.05, 0) is 25.5 Å². The zero-order valence-corrected chi connectivity index (χ0v) is 9.43. The van der Waals surface area contributed by atoms with Gasteiger partial charge in [0, 0.05) is 18.7 Å². The first-order chi connectivity index (χ1) is 7.63. The van der Waals surface area contributed by atoms with Crippen molar-refractivity contribution in [1.29, 1.82) is 0 Å². The van der Waals surface area contributed by atoms with Crippen LogP contribution in [0, 0.1) is 0 Å². The van der Waals surface area contributed by atoms with E-state index in [-0.39, 0.29) is 12.5 Å². The predicted molar refractivity (Wildman–Crippen MR) is 60.7 cm³/mol. The summed E-state index contributed by atoms with van der Waals surface area (Å²) in [5.74, 6) is -0.267. The van der Waals surface area contributed by atoms with Crippen LogP contribution in [0.2, 0.25) is 0 Å². The molecule has 0 aliphatic carbocycles. The van der Waals surface area contributed by atoms with Crippen LogP contribution in [0.3, 0.4) is 0 Å². The lowest BCUT2D eigenvalue weighted by Gasteiger charge is -2.15. The van der Waals surface area contributed by atoms with Gasteiger partial charge in [-0.15, -0.1) is 0 Å². The van der Waals surface area contributed by atoms with Crippen LogP contribution >= 0.6 is 0 Å². The fourth-order valence-corrected chi connectivity index (χ4v) is 1.34. The molecule has 0 radical (unpaired) electrons. The number of hydrogen-bond donors (Lipinski definition) is 2. The number of carboxylic acid groups (broad SMARTS) is 1. The van der Waals surface area contributed by atoms with E-state index in [1.165, 1.54) is 0 Å². The van der Waals surface area contributed by atoms with Gasteiger partial charge in [-0.1, -0.05) is 0 Å². The van der Waals surface area contributed by atoms with Gasteiger partial charge in [-0.25, -0.2) is 4.98 Å². The molecular weight excluding hydrogens is 208 g/mol. The SMILES string of the molecule is COc1ncccc1NC(C)CCC(=O)O. The van der Waals surface area contributed by atoms with Gasteiger partial charge in [-0.2, -0.15) is 0 Å². The Morgan fingerprint density at radius 3 is 3.06 bits per heavy atom.